The summed E-state index contributed by atoms with van der Waals surface area (Å²) in [5.41, 5.74) is 5.59. The Balaban J connectivity index is 1.96. The maximum Gasteiger partial charge on any atom is 0.353 e. The predicted octanol–water partition coefficient (Wildman–Crippen LogP) is 1.07. The normalized spacial score (nSPS) is 15.4. The van der Waals surface area contributed by atoms with Gasteiger partial charge in [-0.1, -0.05) is 0 Å². The number of anilines is 3. The van der Waals surface area contributed by atoms with Crippen molar-refractivity contribution in [2.45, 2.75) is 26.4 Å². The van der Waals surface area contributed by atoms with Gasteiger partial charge in [0.05, 0.1) is 26.0 Å². The molecule has 1 atom stereocenters. The fourth-order valence-corrected chi connectivity index (χ4v) is 3.75. The lowest BCUT2D eigenvalue weighted by Gasteiger charge is -2.18. The third-order valence-corrected chi connectivity index (χ3v) is 5.24. The lowest BCUT2D eigenvalue weighted by Crippen LogP contribution is -2.27. The van der Waals surface area contributed by atoms with E-state index >= 15 is 0 Å². The molecule has 2 heterocycles. The van der Waals surface area contributed by atoms with Crippen LogP contribution in [0.5, 0.6) is 0 Å². The Labute approximate surface area is 145 Å². The summed E-state index contributed by atoms with van der Waals surface area (Å²) in [6.45, 7) is 4.74. The Hall–Kier alpha value is -1.87. The monoisotopic (exact) mass is 373 g/mol. The van der Waals surface area contributed by atoms with E-state index in [1.807, 2.05) is 0 Å². The number of nitrogens with zero attached hydrogens (tertiary/aromatic N) is 2. The third kappa shape index (κ3) is 5.05. The summed E-state index contributed by atoms with van der Waals surface area (Å²) in [5.74, 6) is 1.76. The van der Waals surface area contributed by atoms with Crippen LogP contribution in [0, 0.1) is 0 Å². The number of aromatic amines is 1. The Morgan fingerprint density at radius 2 is 2.12 bits per heavy atom. The van der Waals surface area contributed by atoms with Crippen LogP contribution in [-0.2, 0) is 13.6 Å². The molecular formula is C14H24N5O5P. The van der Waals surface area contributed by atoms with Gasteiger partial charge in [0.1, 0.15) is 5.69 Å². The van der Waals surface area contributed by atoms with E-state index in [4.69, 9.17) is 14.8 Å². The van der Waals surface area contributed by atoms with Crippen LogP contribution in [0.25, 0.3) is 0 Å². The molecular weight excluding hydrogens is 349 g/mol. The largest absolute Gasteiger partial charge is 0.389 e. The van der Waals surface area contributed by atoms with Gasteiger partial charge in [-0.15, -0.1) is 0 Å². The maximum atomic E-state index is 12.3. The molecule has 0 fully saturated rings. The molecule has 0 aromatic carbocycles. The predicted molar refractivity (Wildman–Crippen MR) is 95.7 cm³/mol. The third-order valence-electron chi connectivity index (χ3n) is 3.47. The second-order valence-electron chi connectivity index (χ2n) is 5.32. The maximum absolute atomic E-state index is 12.3. The molecule has 1 unspecified atom stereocenters. The van der Waals surface area contributed by atoms with Crippen LogP contribution in [0.2, 0.25) is 0 Å². The van der Waals surface area contributed by atoms with Gasteiger partial charge in [-0.3, -0.25) is 14.3 Å². The molecule has 1 aliphatic rings. The molecule has 0 saturated carbocycles. The highest BCUT2D eigenvalue weighted by Gasteiger charge is 2.24. The molecule has 10 nitrogen and oxygen atoms in total. The highest BCUT2D eigenvalue weighted by Crippen LogP contribution is 2.49. The molecule has 0 saturated heterocycles. The zero-order chi connectivity index (χ0) is 18.4. The molecule has 0 aliphatic carbocycles. The van der Waals surface area contributed by atoms with E-state index in [2.05, 4.69) is 15.3 Å². The first-order valence-electron chi connectivity index (χ1n) is 8.03. The standard InChI is InChI=1S/C14H24N5O5P/c1-3-23-25(22,24-4-2)8-6-10(20)5-7-19-9-16-11-12(19)17-14(15)18-13(11)21/h6,8,10,16,20H,3-5,7,9H2,1-2H3,(H3,15,17,18,21). The van der Waals surface area contributed by atoms with Gasteiger partial charge < -0.3 is 30.1 Å². The van der Waals surface area contributed by atoms with E-state index in [-0.39, 0.29) is 24.7 Å². The first-order valence-corrected chi connectivity index (χ1v) is 9.64. The molecule has 0 amide bonds. The molecule has 0 bridgehead atoms. The van der Waals surface area contributed by atoms with Gasteiger partial charge in [-0.2, -0.15) is 4.98 Å². The van der Waals surface area contributed by atoms with Crippen LogP contribution in [0.4, 0.5) is 17.5 Å². The summed E-state index contributed by atoms with van der Waals surface area (Å²) in [6.07, 6.45) is 0.887. The van der Waals surface area contributed by atoms with E-state index in [1.54, 1.807) is 18.7 Å². The van der Waals surface area contributed by atoms with E-state index in [0.29, 0.717) is 31.1 Å². The molecule has 2 rings (SSSR count). The number of aliphatic hydroxyl groups excluding tert-OH is 1. The van der Waals surface area contributed by atoms with Crippen molar-refractivity contribution in [3.63, 3.8) is 0 Å². The van der Waals surface area contributed by atoms with Crippen molar-refractivity contribution in [2.24, 2.45) is 0 Å². The first kappa shape index (κ1) is 19.5. The van der Waals surface area contributed by atoms with E-state index < -0.39 is 13.7 Å². The highest BCUT2D eigenvalue weighted by atomic mass is 31.2. The highest BCUT2D eigenvalue weighted by molar-refractivity contribution is 7.57. The summed E-state index contributed by atoms with van der Waals surface area (Å²) >= 11 is 0. The van der Waals surface area contributed by atoms with Crippen molar-refractivity contribution in [2.75, 3.05) is 42.4 Å². The number of aliphatic hydroxyl groups is 1. The Kier molecular flexibility index (Phi) is 6.60. The Morgan fingerprint density at radius 1 is 1.44 bits per heavy atom. The van der Waals surface area contributed by atoms with Gasteiger partial charge in [0.25, 0.3) is 5.56 Å². The number of nitrogens with two attached hydrogens (primary N) is 1. The first-order chi connectivity index (χ1) is 11.9. The Morgan fingerprint density at radius 3 is 2.76 bits per heavy atom. The van der Waals surface area contributed by atoms with Gasteiger partial charge in [-0.05, 0) is 26.3 Å². The molecule has 25 heavy (non-hydrogen) atoms. The van der Waals surface area contributed by atoms with E-state index in [1.165, 1.54) is 11.9 Å². The quantitative estimate of drug-likeness (QED) is 0.467. The lowest BCUT2D eigenvalue weighted by atomic mass is 10.2. The van der Waals surface area contributed by atoms with Crippen molar-refractivity contribution < 1.29 is 18.7 Å². The smallest absolute Gasteiger partial charge is 0.353 e. The molecule has 1 aromatic rings. The summed E-state index contributed by atoms with van der Waals surface area (Å²) < 4.78 is 22.5. The number of nitrogens with one attached hydrogen (secondary N) is 2. The minimum atomic E-state index is -3.33. The molecule has 5 N–H and O–H groups in total. The molecule has 0 spiro atoms. The van der Waals surface area contributed by atoms with Crippen LogP contribution in [-0.4, -0.2) is 47.6 Å². The molecule has 0 radical (unpaired) electrons. The van der Waals surface area contributed by atoms with Crippen molar-refractivity contribution in [1.82, 2.24) is 9.97 Å². The second-order valence-corrected chi connectivity index (χ2v) is 7.22. The van der Waals surface area contributed by atoms with Crippen LogP contribution in [0.3, 0.4) is 0 Å². The number of hydrogen-bond donors (Lipinski definition) is 4. The van der Waals surface area contributed by atoms with Crippen LogP contribution in [0.1, 0.15) is 20.3 Å². The van der Waals surface area contributed by atoms with Crippen LogP contribution >= 0.6 is 7.60 Å². The molecule has 1 aliphatic heterocycles. The van der Waals surface area contributed by atoms with E-state index in [9.17, 15) is 14.5 Å². The van der Waals surface area contributed by atoms with Gasteiger partial charge in [-0.25, -0.2) is 0 Å². The number of rotatable bonds is 9. The van der Waals surface area contributed by atoms with Crippen LogP contribution < -0.4 is 21.5 Å². The zero-order valence-electron chi connectivity index (χ0n) is 14.3. The number of aromatic nitrogens is 2. The van der Waals surface area contributed by atoms with E-state index in [0.717, 1.165) is 0 Å². The fraction of sp³-hybridized carbons (Fsp3) is 0.571. The molecule has 1 aromatic heterocycles. The van der Waals surface area contributed by atoms with Crippen molar-refractivity contribution in [1.29, 1.82) is 0 Å². The number of nitrogen functional groups attached to an aromatic ring is 1. The van der Waals surface area contributed by atoms with Crippen molar-refractivity contribution in [3.8, 4) is 0 Å². The Bertz CT molecular complexity index is 712. The second kappa shape index (κ2) is 8.48. The fourth-order valence-electron chi connectivity index (χ4n) is 2.37. The topological polar surface area (TPSA) is 143 Å². The van der Waals surface area contributed by atoms with Gasteiger partial charge in [0.2, 0.25) is 5.95 Å². The summed E-state index contributed by atoms with van der Waals surface area (Å²) in [5, 5.41) is 13.0. The van der Waals surface area contributed by atoms with Crippen LogP contribution in [0.15, 0.2) is 16.7 Å². The van der Waals surface area contributed by atoms with Gasteiger partial charge in [0.15, 0.2) is 5.82 Å². The molecule has 11 heteroatoms. The number of hydrogen-bond acceptors (Lipinski definition) is 9. The minimum Gasteiger partial charge on any atom is -0.389 e. The summed E-state index contributed by atoms with van der Waals surface area (Å²) in [7, 11) is -3.33. The zero-order valence-corrected chi connectivity index (χ0v) is 15.2. The summed E-state index contributed by atoms with van der Waals surface area (Å²) in [4.78, 5) is 20.1. The van der Waals surface area contributed by atoms with Crippen molar-refractivity contribution >= 4 is 25.0 Å². The minimum absolute atomic E-state index is 0.0345. The average molecular weight is 373 g/mol. The average Bonchev–Trinajstić information content (AvgIpc) is 2.95. The van der Waals surface area contributed by atoms with Gasteiger partial charge >= 0.3 is 7.60 Å². The molecule has 140 valence electrons. The summed E-state index contributed by atoms with van der Waals surface area (Å²) in [6, 6.07) is 0. The SMILES string of the molecule is CCOP(=O)(C=CC(O)CCN1CNc2c1nc(N)[nH]c2=O)OCC. The van der Waals surface area contributed by atoms with Crippen molar-refractivity contribution in [3.05, 3.63) is 22.2 Å². The number of H-pyrrole nitrogens is 1. The lowest BCUT2D eigenvalue weighted by molar-refractivity contribution is 0.211. The number of fused-ring (bicyclic) bond motifs is 1. The van der Waals surface area contributed by atoms with Gasteiger partial charge in [0, 0.05) is 12.4 Å².